The van der Waals surface area contributed by atoms with Crippen LogP contribution in [0.2, 0.25) is 0 Å². The maximum absolute atomic E-state index is 12.2. The van der Waals surface area contributed by atoms with Gasteiger partial charge in [-0.1, -0.05) is 5.16 Å². The predicted octanol–water partition coefficient (Wildman–Crippen LogP) is 1.08. The van der Waals surface area contributed by atoms with Crippen LogP contribution in [0.3, 0.4) is 0 Å². The van der Waals surface area contributed by atoms with Crippen LogP contribution >= 0.6 is 0 Å². The molecular weight excluding hydrogens is 288 g/mol. The number of carbonyl (C=O) groups excluding carboxylic acids is 2. The van der Waals surface area contributed by atoms with Crippen LogP contribution in [0.25, 0.3) is 0 Å². The molecule has 1 fully saturated rings. The number of amides is 2. The second kappa shape index (κ2) is 7.26. The molecule has 2 heterocycles. The largest absolute Gasteiger partial charge is 0.450 e. The van der Waals surface area contributed by atoms with Crippen molar-refractivity contribution in [2.45, 2.75) is 26.8 Å². The number of aromatic nitrogens is 1. The van der Waals surface area contributed by atoms with Gasteiger partial charge in [-0.15, -0.1) is 0 Å². The lowest BCUT2D eigenvalue weighted by Crippen LogP contribution is -2.54. The minimum absolute atomic E-state index is 0.152. The van der Waals surface area contributed by atoms with E-state index in [0.717, 1.165) is 0 Å². The zero-order chi connectivity index (χ0) is 16.1. The molecule has 122 valence electrons. The van der Waals surface area contributed by atoms with E-state index in [2.05, 4.69) is 10.5 Å². The minimum atomic E-state index is -0.310. The number of rotatable bonds is 4. The first-order chi connectivity index (χ1) is 10.5. The second-order valence-electron chi connectivity index (χ2n) is 5.22. The Balaban J connectivity index is 1.82. The summed E-state index contributed by atoms with van der Waals surface area (Å²) < 4.78 is 9.95. The van der Waals surface area contributed by atoms with Gasteiger partial charge in [-0.25, -0.2) is 4.79 Å². The highest BCUT2D eigenvalue weighted by Gasteiger charge is 2.28. The molecule has 1 atom stereocenters. The summed E-state index contributed by atoms with van der Waals surface area (Å²) in [4.78, 5) is 27.5. The molecule has 1 aliphatic rings. The summed E-state index contributed by atoms with van der Waals surface area (Å²) in [5.74, 6) is 0.195. The summed E-state index contributed by atoms with van der Waals surface area (Å²) in [6.45, 7) is 8.14. The van der Waals surface area contributed by atoms with Crippen molar-refractivity contribution in [3.63, 3.8) is 0 Å². The average Bonchev–Trinajstić information content (AvgIpc) is 2.92. The van der Waals surface area contributed by atoms with E-state index in [9.17, 15) is 9.59 Å². The Morgan fingerprint density at radius 1 is 1.41 bits per heavy atom. The van der Waals surface area contributed by atoms with E-state index in [1.165, 1.54) is 0 Å². The molecule has 1 aromatic rings. The Kier molecular flexibility index (Phi) is 5.37. The maximum atomic E-state index is 12.2. The van der Waals surface area contributed by atoms with Gasteiger partial charge in [0.15, 0.2) is 0 Å². The molecule has 8 heteroatoms. The molecule has 22 heavy (non-hydrogen) atoms. The van der Waals surface area contributed by atoms with Crippen LogP contribution in [0.4, 0.5) is 10.7 Å². The SMILES string of the molecule is CCOC(=O)N1CCN(C(C)C(=O)Nc2cc(C)no2)CC1. The number of hydrogen-bond acceptors (Lipinski definition) is 6. The van der Waals surface area contributed by atoms with Crippen molar-refractivity contribution >= 4 is 17.9 Å². The number of nitrogens with zero attached hydrogens (tertiary/aromatic N) is 3. The summed E-state index contributed by atoms with van der Waals surface area (Å²) in [6, 6.07) is 1.36. The first-order valence-corrected chi connectivity index (χ1v) is 7.41. The van der Waals surface area contributed by atoms with E-state index in [4.69, 9.17) is 9.26 Å². The Labute approximate surface area is 129 Å². The molecule has 1 saturated heterocycles. The van der Waals surface area contributed by atoms with Crippen molar-refractivity contribution in [3.8, 4) is 0 Å². The van der Waals surface area contributed by atoms with Crippen LogP contribution in [0, 0.1) is 6.92 Å². The fourth-order valence-electron chi connectivity index (χ4n) is 2.32. The molecule has 1 unspecified atom stereocenters. The van der Waals surface area contributed by atoms with Gasteiger partial charge < -0.3 is 14.2 Å². The number of ether oxygens (including phenoxy) is 1. The van der Waals surface area contributed by atoms with E-state index in [1.54, 1.807) is 24.8 Å². The molecule has 0 aromatic carbocycles. The van der Waals surface area contributed by atoms with Gasteiger partial charge in [0, 0.05) is 32.2 Å². The molecule has 2 amide bonds. The highest BCUT2D eigenvalue weighted by molar-refractivity contribution is 5.93. The van der Waals surface area contributed by atoms with Crippen LogP contribution in [0.1, 0.15) is 19.5 Å². The monoisotopic (exact) mass is 310 g/mol. The lowest BCUT2D eigenvalue weighted by molar-refractivity contribution is -0.121. The van der Waals surface area contributed by atoms with Crippen molar-refractivity contribution < 1.29 is 18.8 Å². The molecule has 0 saturated carbocycles. The summed E-state index contributed by atoms with van der Waals surface area (Å²) in [7, 11) is 0. The van der Waals surface area contributed by atoms with E-state index < -0.39 is 0 Å². The van der Waals surface area contributed by atoms with Crippen molar-refractivity contribution in [2.75, 3.05) is 38.1 Å². The van der Waals surface area contributed by atoms with Gasteiger partial charge in [0.2, 0.25) is 11.8 Å². The van der Waals surface area contributed by atoms with Crippen molar-refractivity contribution in [1.82, 2.24) is 15.0 Å². The molecule has 1 aliphatic heterocycles. The summed E-state index contributed by atoms with van der Waals surface area (Å²) >= 11 is 0. The van der Waals surface area contributed by atoms with Gasteiger partial charge in [-0.2, -0.15) is 0 Å². The molecule has 2 rings (SSSR count). The van der Waals surface area contributed by atoms with Gasteiger partial charge in [0.1, 0.15) is 0 Å². The van der Waals surface area contributed by atoms with Crippen molar-refractivity contribution in [1.29, 1.82) is 0 Å². The van der Waals surface area contributed by atoms with E-state index in [-0.39, 0.29) is 18.0 Å². The van der Waals surface area contributed by atoms with Gasteiger partial charge in [-0.3, -0.25) is 15.0 Å². The lowest BCUT2D eigenvalue weighted by atomic mass is 10.2. The normalized spacial score (nSPS) is 17.1. The number of aryl methyl sites for hydroxylation is 1. The Morgan fingerprint density at radius 2 is 2.09 bits per heavy atom. The molecule has 1 N–H and O–H groups in total. The van der Waals surface area contributed by atoms with Crippen molar-refractivity contribution in [3.05, 3.63) is 11.8 Å². The smallest absolute Gasteiger partial charge is 0.409 e. The van der Waals surface area contributed by atoms with Gasteiger partial charge in [0.05, 0.1) is 18.3 Å². The van der Waals surface area contributed by atoms with Gasteiger partial charge >= 0.3 is 6.09 Å². The van der Waals surface area contributed by atoms with Crippen LogP contribution in [-0.4, -0.2) is 65.8 Å². The van der Waals surface area contributed by atoms with E-state index in [0.29, 0.717) is 44.4 Å². The maximum Gasteiger partial charge on any atom is 0.409 e. The third-order valence-electron chi connectivity index (χ3n) is 3.64. The predicted molar refractivity (Wildman–Crippen MR) is 79.5 cm³/mol. The Morgan fingerprint density at radius 3 is 2.64 bits per heavy atom. The number of hydrogen-bond donors (Lipinski definition) is 1. The molecule has 0 spiro atoms. The third kappa shape index (κ3) is 3.97. The van der Waals surface area contributed by atoms with Crippen LogP contribution in [0.5, 0.6) is 0 Å². The molecule has 1 aromatic heterocycles. The second-order valence-corrected chi connectivity index (χ2v) is 5.22. The van der Waals surface area contributed by atoms with Crippen molar-refractivity contribution in [2.24, 2.45) is 0 Å². The standard InChI is InChI=1S/C14H22N4O4/c1-4-21-14(20)18-7-5-17(6-8-18)11(3)13(19)15-12-9-10(2)16-22-12/h9,11H,4-8H2,1-3H3,(H,15,19). The minimum Gasteiger partial charge on any atom is -0.450 e. The molecule has 0 bridgehead atoms. The highest BCUT2D eigenvalue weighted by Crippen LogP contribution is 2.12. The van der Waals surface area contributed by atoms with E-state index in [1.807, 2.05) is 11.8 Å². The highest BCUT2D eigenvalue weighted by atomic mass is 16.6. The lowest BCUT2D eigenvalue weighted by Gasteiger charge is -2.36. The average molecular weight is 310 g/mol. The fraction of sp³-hybridized carbons (Fsp3) is 0.643. The van der Waals surface area contributed by atoms with Crippen LogP contribution in [0.15, 0.2) is 10.6 Å². The number of anilines is 1. The summed E-state index contributed by atoms with van der Waals surface area (Å²) in [5, 5.41) is 6.43. The molecule has 0 aliphatic carbocycles. The van der Waals surface area contributed by atoms with Gasteiger partial charge in [0.25, 0.3) is 0 Å². The van der Waals surface area contributed by atoms with Gasteiger partial charge in [-0.05, 0) is 20.8 Å². The third-order valence-corrected chi connectivity index (χ3v) is 3.64. The fourth-order valence-corrected chi connectivity index (χ4v) is 2.32. The topological polar surface area (TPSA) is 87.9 Å². The Hall–Kier alpha value is -2.09. The molecule has 0 radical (unpaired) electrons. The number of carbonyl (C=O) groups is 2. The Bertz CT molecular complexity index is 523. The van der Waals surface area contributed by atoms with E-state index >= 15 is 0 Å². The van der Waals surface area contributed by atoms with Crippen LogP contribution < -0.4 is 5.32 Å². The summed E-state index contributed by atoms with van der Waals surface area (Å²) in [6.07, 6.45) is -0.295. The number of piperazine rings is 1. The first-order valence-electron chi connectivity index (χ1n) is 7.41. The number of nitrogens with one attached hydrogen (secondary N) is 1. The summed E-state index contributed by atoms with van der Waals surface area (Å²) in [5.41, 5.74) is 0.714. The molecule has 8 nitrogen and oxygen atoms in total. The zero-order valence-corrected chi connectivity index (χ0v) is 13.2. The van der Waals surface area contributed by atoms with Crippen LogP contribution in [-0.2, 0) is 9.53 Å². The zero-order valence-electron chi connectivity index (χ0n) is 13.2. The molecular formula is C14H22N4O4. The quantitative estimate of drug-likeness (QED) is 0.895. The first kappa shape index (κ1) is 16.3.